The van der Waals surface area contributed by atoms with Gasteiger partial charge in [-0.3, -0.25) is 14.4 Å². The van der Waals surface area contributed by atoms with E-state index < -0.39 is 17.6 Å². The molecule has 9 heteroatoms. The molecule has 0 aromatic carbocycles. The van der Waals surface area contributed by atoms with Crippen LogP contribution in [0.25, 0.3) is 5.65 Å². The van der Waals surface area contributed by atoms with Crippen LogP contribution in [0.5, 0.6) is 0 Å². The lowest BCUT2D eigenvalue weighted by molar-refractivity contribution is -0.137. The number of amides is 1. The predicted molar refractivity (Wildman–Crippen MR) is 81.8 cm³/mol. The van der Waals surface area contributed by atoms with Crippen molar-refractivity contribution in [2.24, 2.45) is 0 Å². The normalized spacial score (nSPS) is 11.7. The lowest BCUT2D eigenvalue weighted by atomic mass is 10.1. The van der Waals surface area contributed by atoms with Crippen LogP contribution in [-0.4, -0.2) is 27.0 Å². The van der Waals surface area contributed by atoms with Gasteiger partial charge in [-0.05, 0) is 25.0 Å². The van der Waals surface area contributed by atoms with E-state index in [4.69, 9.17) is 5.21 Å². The van der Waals surface area contributed by atoms with Crippen molar-refractivity contribution in [2.45, 2.75) is 38.8 Å². The highest BCUT2D eigenvalue weighted by atomic mass is 19.4. The summed E-state index contributed by atoms with van der Waals surface area (Å²) in [6, 6.07) is 2.27. The summed E-state index contributed by atoms with van der Waals surface area (Å²) in [4.78, 5) is 15.6. The molecule has 132 valence electrons. The Hall–Kier alpha value is -2.29. The number of aromatic nitrogens is 2. The lowest BCUT2D eigenvalue weighted by Gasteiger charge is -2.10. The summed E-state index contributed by atoms with van der Waals surface area (Å²) in [5, 5.41) is 11.3. The molecule has 0 unspecified atom stereocenters. The fraction of sp³-hybridized carbons (Fsp3) is 0.467. The number of pyridine rings is 1. The minimum Gasteiger partial charge on any atom is -0.360 e. The predicted octanol–water partition coefficient (Wildman–Crippen LogP) is 3.00. The SMILES string of the molecule is CCCCCc1nc2ccc(C(F)(F)F)cn2c1NCC(=O)NO. The van der Waals surface area contributed by atoms with E-state index in [1.807, 2.05) is 6.92 Å². The number of anilines is 1. The van der Waals surface area contributed by atoms with Gasteiger partial charge in [0, 0.05) is 6.20 Å². The maximum Gasteiger partial charge on any atom is 0.417 e. The monoisotopic (exact) mass is 344 g/mol. The van der Waals surface area contributed by atoms with E-state index in [0.29, 0.717) is 23.6 Å². The molecule has 0 radical (unpaired) electrons. The first-order chi connectivity index (χ1) is 11.4. The minimum atomic E-state index is -4.47. The molecule has 2 aromatic rings. The van der Waals surface area contributed by atoms with Gasteiger partial charge in [0.2, 0.25) is 0 Å². The molecule has 2 aromatic heterocycles. The highest BCUT2D eigenvalue weighted by Crippen LogP contribution is 2.31. The van der Waals surface area contributed by atoms with Gasteiger partial charge in [-0.15, -0.1) is 0 Å². The number of rotatable bonds is 7. The molecular formula is C15H19F3N4O2. The molecule has 0 spiro atoms. The molecule has 6 nitrogen and oxygen atoms in total. The number of nitrogens with one attached hydrogen (secondary N) is 2. The third-order valence-electron chi connectivity index (χ3n) is 3.58. The van der Waals surface area contributed by atoms with Crippen molar-refractivity contribution in [2.75, 3.05) is 11.9 Å². The second kappa shape index (κ2) is 7.52. The summed E-state index contributed by atoms with van der Waals surface area (Å²) in [5.74, 6) is -0.368. The van der Waals surface area contributed by atoms with Crippen molar-refractivity contribution in [3.8, 4) is 0 Å². The topological polar surface area (TPSA) is 78.7 Å². The van der Waals surface area contributed by atoms with Crippen molar-refractivity contribution in [3.63, 3.8) is 0 Å². The summed E-state index contributed by atoms with van der Waals surface area (Å²) in [6.45, 7) is 1.77. The first-order valence-corrected chi connectivity index (χ1v) is 7.61. The number of imidazole rings is 1. The Bertz CT molecular complexity index is 713. The van der Waals surface area contributed by atoms with Gasteiger partial charge in [0.15, 0.2) is 0 Å². The molecule has 2 heterocycles. The standard InChI is InChI=1S/C15H19F3N4O2/c1-2-3-4-5-11-14(19-8-13(23)21-24)22-9-10(15(16,17)18)6-7-12(22)20-11/h6-7,9,19,24H,2-5,8H2,1H3,(H,21,23). The van der Waals surface area contributed by atoms with Gasteiger partial charge in [-0.2, -0.15) is 13.2 Å². The van der Waals surface area contributed by atoms with Crippen LogP contribution < -0.4 is 10.8 Å². The van der Waals surface area contributed by atoms with Crippen LogP contribution in [0, 0.1) is 0 Å². The maximum atomic E-state index is 12.9. The Morgan fingerprint density at radius 2 is 2.08 bits per heavy atom. The largest absolute Gasteiger partial charge is 0.417 e. The van der Waals surface area contributed by atoms with Crippen molar-refractivity contribution < 1.29 is 23.2 Å². The molecule has 0 aliphatic carbocycles. The van der Waals surface area contributed by atoms with Crippen LogP contribution >= 0.6 is 0 Å². The van der Waals surface area contributed by atoms with E-state index >= 15 is 0 Å². The van der Waals surface area contributed by atoms with E-state index in [2.05, 4.69) is 10.3 Å². The zero-order valence-corrected chi connectivity index (χ0v) is 13.2. The zero-order valence-electron chi connectivity index (χ0n) is 13.2. The smallest absolute Gasteiger partial charge is 0.360 e. The van der Waals surface area contributed by atoms with Gasteiger partial charge in [-0.25, -0.2) is 10.5 Å². The van der Waals surface area contributed by atoms with Gasteiger partial charge in [-0.1, -0.05) is 19.8 Å². The van der Waals surface area contributed by atoms with Crippen LogP contribution in [0.3, 0.4) is 0 Å². The van der Waals surface area contributed by atoms with Crippen molar-refractivity contribution in [3.05, 3.63) is 29.6 Å². The van der Waals surface area contributed by atoms with Gasteiger partial charge in [0.1, 0.15) is 11.5 Å². The van der Waals surface area contributed by atoms with Crippen LogP contribution in [0.15, 0.2) is 18.3 Å². The number of fused-ring (bicyclic) bond motifs is 1. The molecule has 3 N–H and O–H groups in total. The maximum absolute atomic E-state index is 12.9. The van der Waals surface area contributed by atoms with E-state index in [1.54, 1.807) is 0 Å². The van der Waals surface area contributed by atoms with E-state index in [-0.39, 0.29) is 6.54 Å². The lowest BCUT2D eigenvalue weighted by Crippen LogP contribution is -2.27. The Morgan fingerprint density at radius 3 is 2.71 bits per heavy atom. The molecule has 2 rings (SSSR count). The molecule has 0 saturated carbocycles. The molecule has 0 aliphatic heterocycles. The number of hydrogen-bond acceptors (Lipinski definition) is 4. The molecular weight excluding hydrogens is 325 g/mol. The summed E-state index contributed by atoms with van der Waals surface area (Å²) >= 11 is 0. The van der Waals surface area contributed by atoms with Gasteiger partial charge >= 0.3 is 6.18 Å². The number of aryl methyl sites for hydroxylation is 1. The molecule has 0 atom stereocenters. The van der Waals surface area contributed by atoms with Gasteiger partial charge < -0.3 is 5.32 Å². The number of halogens is 3. The number of nitrogens with zero attached hydrogens (tertiary/aromatic N) is 2. The molecule has 0 saturated heterocycles. The average molecular weight is 344 g/mol. The van der Waals surface area contributed by atoms with Gasteiger partial charge in [0.05, 0.1) is 17.8 Å². The first kappa shape index (κ1) is 18.1. The van der Waals surface area contributed by atoms with Crippen molar-refractivity contribution in [1.29, 1.82) is 0 Å². The highest BCUT2D eigenvalue weighted by molar-refractivity contribution is 5.79. The Kier molecular flexibility index (Phi) is 5.66. The van der Waals surface area contributed by atoms with Crippen molar-refractivity contribution >= 4 is 17.4 Å². The second-order valence-electron chi connectivity index (χ2n) is 5.40. The van der Waals surface area contributed by atoms with Gasteiger partial charge in [0.25, 0.3) is 5.91 Å². The van der Waals surface area contributed by atoms with E-state index in [0.717, 1.165) is 31.5 Å². The second-order valence-corrected chi connectivity index (χ2v) is 5.40. The molecule has 24 heavy (non-hydrogen) atoms. The molecule has 0 fully saturated rings. The quantitative estimate of drug-likeness (QED) is 0.410. The number of carbonyl (C=O) groups excluding carboxylic acids is 1. The fourth-order valence-corrected chi connectivity index (χ4v) is 2.37. The Labute approximate surface area is 136 Å². The summed E-state index contributed by atoms with van der Waals surface area (Å²) < 4.78 is 40.0. The molecule has 1 amide bonds. The van der Waals surface area contributed by atoms with Crippen LogP contribution in [0.4, 0.5) is 19.0 Å². The number of unbranched alkanes of at least 4 members (excludes halogenated alkanes) is 2. The van der Waals surface area contributed by atoms with E-state index in [1.165, 1.54) is 15.9 Å². The zero-order chi connectivity index (χ0) is 17.7. The highest BCUT2D eigenvalue weighted by Gasteiger charge is 2.31. The van der Waals surface area contributed by atoms with E-state index in [9.17, 15) is 18.0 Å². The minimum absolute atomic E-state index is 0.276. The first-order valence-electron chi connectivity index (χ1n) is 7.61. The summed E-state index contributed by atoms with van der Waals surface area (Å²) in [6.07, 6.45) is -0.127. The fourth-order valence-electron chi connectivity index (χ4n) is 2.37. The number of alkyl halides is 3. The number of hydroxylamine groups is 1. The number of hydrogen-bond donors (Lipinski definition) is 3. The average Bonchev–Trinajstić information content (AvgIpc) is 2.88. The molecule has 0 bridgehead atoms. The molecule has 0 aliphatic rings. The van der Waals surface area contributed by atoms with Crippen LogP contribution in [-0.2, 0) is 17.4 Å². The summed E-state index contributed by atoms with van der Waals surface area (Å²) in [7, 11) is 0. The van der Waals surface area contributed by atoms with Crippen molar-refractivity contribution in [1.82, 2.24) is 14.9 Å². The third-order valence-corrected chi connectivity index (χ3v) is 3.58. The Morgan fingerprint density at radius 1 is 1.33 bits per heavy atom. The Balaban J connectivity index is 2.40. The third kappa shape index (κ3) is 4.16. The number of carbonyl (C=O) groups is 1. The van der Waals surface area contributed by atoms with Crippen LogP contribution in [0.1, 0.15) is 37.4 Å². The van der Waals surface area contributed by atoms with Crippen LogP contribution in [0.2, 0.25) is 0 Å². The summed E-state index contributed by atoms with van der Waals surface area (Å²) in [5.41, 5.74) is 1.62.